The molecule has 3 aromatic heterocycles. The van der Waals surface area contributed by atoms with Crippen LogP contribution < -0.4 is 16.0 Å². The van der Waals surface area contributed by atoms with Crippen molar-refractivity contribution in [2.45, 2.75) is 57.9 Å². The van der Waals surface area contributed by atoms with E-state index >= 15 is 0 Å². The second kappa shape index (κ2) is 14.0. The molecular weight excluding hydrogens is 510 g/mol. The molecule has 1 saturated carbocycles. The molecule has 1 aliphatic rings. The molecule has 0 aliphatic heterocycles. The normalized spacial score (nSPS) is 13.1. The van der Waals surface area contributed by atoms with Crippen LogP contribution in [0.25, 0.3) is 11.3 Å². The molecule has 1 amide bonds. The fraction of sp³-hybridized carbons (Fsp3) is 0.303. The summed E-state index contributed by atoms with van der Waals surface area (Å²) in [5.74, 6) is 7.40. The number of rotatable bonds is 9. The van der Waals surface area contributed by atoms with Crippen molar-refractivity contribution < 1.29 is 4.79 Å². The van der Waals surface area contributed by atoms with Gasteiger partial charge in [-0.1, -0.05) is 44.6 Å². The maximum Gasteiger partial charge on any atom is 0.251 e. The molecule has 0 radical (unpaired) electrons. The summed E-state index contributed by atoms with van der Waals surface area (Å²) in [5.41, 5.74) is 4.54. The van der Waals surface area contributed by atoms with Crippen molar-refractivity contribution in [3.05, 3.63) is 90.0 Å². The highest BCUT2D eigenvalue weighted by atomic mass is 16.1. The molecule has 1 aromatic carbocycles. The first-order valence-electron chi connectivity index (χ1n) is 14.4. The summed E-state index contributed by atoms with van der Waals surface area (Å²) in [6.07, 6.45) is 13.3. The number of carbonyl (C=O) groups excluding carboxylic acids is 1. The summed E-state index contributed by atoms with van der Waals surface area (Å²) in [6, 6.07) is 17.4. The first-order chi connectivity index (χ1) is 20.2. The van der Waals surface area contributed by atoms with Gasteiger partial charge in [-0.3, -0.25) is 9.78 Å². The van der Waals surface area contributed by atoms with Crippen LogP contribution in [0.15, 0.2) is 73.2 Å². The minimum absolute atomic E-state index is 0.105. The van der Waals surface area contributed by atoms with E-state index in [9.17, 15) is 4.79 Å². The smallest absolute Gasteiger partial charge is 0.251 e. The average molecular weight is 546 g/mol. The largest absolute Gasteiger partial charge is 0.367 e. The molecule has 41 heavy (non-hydrogen) atoms. The highest BCUT2D eigenvalue weighted by molar-refractivity contribution is 5.94. The van der Waals surface area contributed by atoms with Gasteiger partial charge < -0.3 is 16.0 Å². The lowest BCUT2D eigenvalue weighted by Crippen LogP contribution is -2.24. The number of unbranched alkanes of at least 4 members (excludes halogenated alkanes) is 1. The fourth-order valence-corrected chi connectivity index (χ4v) is 4.72. The van der Waals surface area contributed by atoms with Crippen LogP contribution >= 0.6 is 0 Å². The number of aromatic nitrogens is 4. The number of benzene rings is 1. The Hall–Kier alpha value is -4.77. The Morgan fingerprint density at radius 3 is 2.59 bits per heavy atom. The molecule has 3 N–H and O–H groups in total. The number of anilines is 3. The number of pyridine rings is 2. The van der Waals surface area contributed by atoms with E-state index in [1.807, 2.05) is 48.7 Å². The topological polar surface area (TPSA) is 105 Å². The summed E-state index contributed by atoms with van der Waals surface area (Å²) < 4.78 is 0. The van der Waals surface area contributed by atoms with E-state index in [1.54, 1.807) is 24.5 Å². The molecule has 3 heterocycles. The van der Waals surface area contributed by atoms with Crippen LogP contribution in [-0.2, 0) is 0 Å². The van der Waals surface area contributed by atoms with Crippen molar-refractivity contribution in [1.82, 2.24) is 25.3 Å². The zero-order valence-electron chi connectivity index (χ0n) is 23.4. The van der Waals surface area contributed by atoms with Crippen molar-refractivity contribution in [3.8, 4) is 23.1 Å². The Labute approximate surface area is 241 Å². The molecule has 0 bridgehead atoms. The number of amides is 1. The zero-order chi connectivity index (χ0) is 28.3. The fourth-order valence-electron chi connectivity index (χ4n) is 4.72. The van der Waals surface area contributed by atoms with E-state index in [2.05, 4.69) is 49.7 Å². The summed E-state index contributed by atoms with van der Waals surface area (Å²) >= 11 is 0. The predicted octanol–water partition coefficient (Wildman–Crippen LogP) is 6.35. The molecule has 208 valence electrons. The maximum absolute atomic E-state index is 12.3. The Morgan fingerprint density at radius 1 is 0.951 bits per heavy atom. The van der Waals surface area contributed by atoms with Crippen LogP contribution in [0.1, 0.15) is 73.5 Å². The van der Waals surface area contributed by atoms with Crippen LogP contribution in [0.3, 0.4) is 0 Å². The molecule has 0 atom stereocenters. The monoisotopic (exact) mass is 545 g/mol. The SMILES string of the molecule is CCCCNC(=O)c1ccnc(C#Cc2ccc(Nc3ncc(-c4ccccn4)c(NC4CCCCC4)n3)cc2)c1. The Kier molecular flexibility index (Phi) is 9.51. The van der Waals surface area contributed by atoms with Gasteiger partial charge in [-0.2, -0.15) is 4.98 Å². The van der Waals surface area contributed by atoms with Crippen molar-refractivity contribution in [1.29, 1.82) is 0 Å². The summed E-state index contributed by atoms with van der Waals surface area (Å²) in [6.45, 7) is 2.76. The average Bonchev–Trinajstić information content (AvgIpc) is 3.02. The van der Waals surface area contributed by atoms with E-state index in [0.717, 1.165) is 54.0 Å². The molecule has 1 aliphatic carbocycles. The molecule has 8 nitrogen and oxygen atoms in total. The van der Waals surface area contributed by atoms with E-state index in [0.29, 0.717) is 29.8 Å². The van der Waals surface area contributed by atoms with E-state index in [4.69, 9.17) is 4.98 Å². The predicted molar refractivity (Wildman–Crippen MR) is 163 cm³/mol. The molecule has 4 aromatic rings. The Morgan fingerprint density at radius 2 is 1.80 bits per heavy atom. The van der Waals surface area contributed by atoms with Crippen LogP contribution in [-0.4, -0.2) is 38.4 Å². The first kappa shape index (κ1) is 27.8. The van der Waals surface area contributed by atoms with E-state index in [-0.39, 0.29) is 5.91 Å². The highest BCUT2D eigenvalue weighted by Crippen LogP contribution is 2.29. The van der Waals surface area contributed by atoms with Crippen molar-refractivity contribution in [3.63, 3.8) is 0 Å². The van der Waals surface area contributed by atoms with Gasteiger partial charge in [0.25, 0.3) is 5.91 Å². The van der Waals surface area contributed by atoms with Crippen molar-refractivity contribution >= 4 is 23.4 Å². The molecule has 5 rings (SSSR count). The van der Waals surface area contributed by atoms with Gasteiger partial charge in [0.15, 0.2) is 0 Å². The summed E-state index contributed by atoms with van der Waals surface area (Å²) in [7, 11) is 0. The maximum atomic E-state index is 12.3. The third kappa shape index (κ3) is 7.89. The lowest BCUT2D eigenvalue weighted by molar-refractivity contribution is 0.0953. The molecule has 0 spiro atoms. The summed E-state index contributed by atoms with van der Waals surface area (Å²) in [4.78, 5) is 30.6. The number of nitrogens with zero attached hydrogens (tertiary/aromatic N) is 4. The first-order valence-corrected chi connectivity index (χ1v) is 14.4. The van der Waals surface area contributed by atoms with Gasteiger partial charge in [0.1, 0.15) is 11.5 Å². The Bertz CT molecular complexity index is 1500. The van der Waals surface area contributed by atoms with Crippen molar-refractivity contribution in [2.75, 3.05) is 17.2 Å². The van der Waals surface area contributed by atoms with Gasteiger partial charge in [-0.15, -0.1) is 0 Å². The van der Waals surface area contributed by atoms with Gasteiger partial charge in [0, 0.05) is 48.0 Å². The molecular formula is C33H35N7O. The van der Waals surface area contributed by atoms with Gasteiger partial charge >= 0.3 is 0 Å². The zero-order valence-corrected chi connectivity index (χ0v) is 23.4. The van der Waals surface area contributed by atoms with Gasteiger partial charge in [0.05, 0.1) is 11.3 Å². The van der Waals surface area contributed by atoms with E-state index in [1.165, 1.54) is 19.3 Å². The number of hydrogen-bond acceptors (Lipinski definition) is 7. The minimum atomic E-state index is -0.105. The number of nitrogens with one attached hydrogen (secondary N) is 3. The Balaban J connectivity index is 1.27. The third-order valence-corrected chi connectivity index (χ3v) is 6.99. The van der Waals surface area contributed by atoms with Crippen molar-refractivity contribution in [2.24, 2.45) is 0 Å². The van der Waals surface area contributed by atoms with Crippen LogP contribution in [0, 0.1) is 11.8 Å². The molecule has 8 heteroatoms. The summed E-state index contributed by atoms with van der Waals surface area (Å²) in [5, 5.41) is 9.90. The van der Waals surface area contributed by atoms with Crippen LogP contribution in [0.2, 0.25) is 0 Å². The lowest BCUT2D eigenvalue weighted by atomic mass is 9.95. The molecule has 1 fully saturated rings. The minimum Gasteiger partial charge on any atom is -0.367 e. The standard InChI is InChI=1S/C33H35N7O/c1-2-3-19-36-32(41)25-18-21-34-28(22-25)17-14-24-12-15-27(16-13-24)39-33-37-23-29(30-11-7-8-20-35-30)31(40-33)38-26-9-5-4-6-10-26/h7-8,11-13,15-16,18,20-23,26H,2-6,9-10,19H2,1H3,(H,36,41)(H2,37,38,39,40). The number of carbonyl (C=O) groups is 1. The molecule has 0 saturated heterocycles. The third-order valence-electron chi connectivity index (χ3n) is 6.99. The van der Waals surface area contributed by atoms with E-state index < -0.39 is 0 Å². The van der Waals surface area contributed by atoms with Crippen LogP contribution in [0.5, 0.6) is 0 Å². The second-order valence-corrected chi connectivity index (χ2v) is 10.1. The molecule has 0 unspecified atom stereocenters. The highest BCUT2D eigenvalue weighted by Gasteiger charge is 2.17. The number of hydrogen-bond donors (Lipinski definition) is 3. The van der Waals surface area contributed by atoms with Crippen LogP contribution in [0.4, 0.5) is 17.5 Å². The lowest BCUT2D eigenvalue weighted by Gasteiger charge is -2.24. The van der Waals surface area contributed by atoms with Gasteiger partial charge in [0.2, 0.25) is 5.95 Å². The van der Waals surface area contributed by atoms with Gasteiger partial charge in [-0.25, -0.2) is 9.97 Å². The van der Waals surface area contributed by atoms with Gasteiger partial charge in [-0.05, 0) is 73.7 Å². The second-order valence-electron chi connectivity index (χ2n) is 10.1. The quantitative estimate of drug-likeness (QED) is 0.166.